The average Bonchev–Trinajstić information content (AvgIpc) is 2.03. The molecule has 1 N–H and O–H groups in total. The summed E-state index contributed by atoms with van der Waals surface area (Å²) in [5, 5.41) is 2.86. The topological polar surface area (TPSA) is 29.1 Å². The van der Waals surface area contributed by atoms with Gasteiger partial charge >= 0.3 is 0 Å². The monoisotopic (exact) mass is 177 g/mol. The zero-order valence-electron chi connectivity index (χ0n) is 8.29. The second-order valence-electron chi connectivity index (χ2n) is 3.44. The van der Waals surface area contributed by atoms with Gasteiger partial charge in [0.05, 0.1) is 0 Å². The molecule has 0 saturated heterocycles. The molecule has 0 aromatic heterocycles. The number of carbonyl (C=O) groups is 1. The zero-order chi connectivity index (χ0) is 9.84. The van der Waals surface area contributed by atoms with Gasteiger partial charge in [-0.2, -0.15) is 0 Å². The molecule has 0 heterocycles. The van der Waals surface area contributed by atoms with E-state index in [4.69, 9.17) is 0 Å². The maximum Gasteiger partial charge on any atom is 0.251 e. The van der Waals surface area contributed by atoms with E-state index in [1.165, 1.54) is 0 Å². The van der Waals surface area contributed by atoms with Crippen LogP contribution >= 0.6 is 0 Å². The number of nitrogens with one attached hydrogen (secondary N) is 1. The molecule has 1 aromatic carbocycles. The van der Waals surface area contributed by atoms with E-state index in [1.807, 2.05) is 45.0 Å². The number of carbonyl (C=O) groups excluding carboxylic acids is 1. The molecule has 1 aromatic rings. The molecular formula is C11H15NO. The van der Waals surface area contributed by atoms with Crippen molar-refractivity contribution in [2.45, 2.75) is 26.8 Å². The first kappa shape index (κ1) is 9.78. The summed E-state index contributed by atoms with van der Waals surface area (Å²) in [5.41, 5.74) is 1.77. The van der Waals surface area contributed by atoms with Crippen LogP contribution in [-0.2, 0) is 0 Å². The van der Waals surface area contributed by atoms with E-state index in [2.05, 4.69) is 5.32 Å². The van der Waals surface area contributed by atoms with Crippen LogP contribution in [0.2, 0.25) is 0 Å². The summed E-state index contributed by atoms with van der Waals surface area (Å²) in [6.07, 6.45) is 0. The first-order valence-electron chi connectivity index (χ1n) is 4.47. The molecule has 1 amide bonds. The summed E-state index contributed by atoms with van der Waals surface area (Å²) in [6, 6.07) is 7.78. The molecule has 70 valence electrons. The number of amides is 1. The van der Waals surface area contributed by atoms with Crippen molar-refractivity contribution in [3.63, 3.8) is 0 Å². The molecule has 2 nitrogen and oxygen atoms in total. The summed E-state index contributed by atoms with van der Waals surface area (Å²) >= 11 is 0. The molecule has 0 radical (unpaired) electrons. The highest BCUT2D eigenvalue weighted by Crippen LogP contribution is 2.06. The van der Waals surface area contributed by atoms with E-state index in [0.29, 0.717) is 0 Å². The van der Waals surface area contributed by atoms with Gasteiger partial charge in [0.2, 0.25) is 0 Å². The van der Waals surface area contributed by atoms with Crippen LogP contribution in [0.25, 0.3) is 0 Å². The standard InChI is InChI=1S/C11H15NO/c1-8(2)12-11(13)10-7-5-4-6-9(10)3/h4-8H,1-3H3,(H,12,13). The lowest BCUT2D eigenvalue weighted by Gasteiger charge is -2.09. The van der Waals surface area contributed by atoms with E-state index < -0.39 is 0 Å². The molecular weight excluding hydrogens is 162 g/mol. The lowest BCUT2D eigenvalue weighted by atomic mass is 10.1. The second kappa shape index (κ2) is 4.08. The minimum Gasteiger partial charge on any atom is -0.350 e. The lowest BCUT2D eigenvalue weighted by molar-refractivity contribution is 0.0942. The molecule has 0 aliphatic carbocycles. The first-order valence-corrected chi connectivity index (χ1v) is 4.47. The fourth-order valence-electron chi connectivity index (χ4n) is 1.17. The molecule has 0 unspecified atom stereocenters. The normalized spacial score (nSPS) is 10.2. The van der Waals surface area contributed by atoms with Crippen molar-refractivity contribution in [1.82, 2.24) is 5.32 Å². The summed E-state index contributed by atoms with van der Waals surface area (Å²) in [7, 11) is 0. The summed E-state index contributed by atoms with van der Waals surface area (Å²) in [5.74, 6) is 0.00750. The Morgan fingerprint density at radius 2 is 1.92 bits per heavy atom. The van der Waals surface area contributed by atoms with E-state index in [9.17, 15) is 4.79 Å². The molecule has 13 heavy (non-hydrogen) atoms. The third-order valence-electron chi connectivity index (χ3n) is 1.81. The van der Waals surface area contributed by atoms with Crippen molar-refractivity contribution in [1.29, 1.82) is 0 Å². The van der Waals surface area contributed by atoms with Gasteiger partial charge in [0.25, 0.3) is 5.91 Å². The van der Waals surface area contributed by atoms with E-state index in [1.54, 1.807) is 0 Å². The fraction of sp³-hybridized carbons (Fsp3) is 0.364. The number of benzene rings is 1. The van der Waals surface area contributed by atoms with E-state index in [-0.39, 0.29) is 11.9 Å². The van der Waals surface area contributed by atoms with Crippen LogP contribution < -0.4 is 5.32 Å². The van der Waals surface area contributed by atoms with Crippen molar-refractivity contribution in [3.05, 3.63) is 35.4 Å². The van der Waals surface area contributed by atoms with Gasteiger partial charge in [-0.1, -0.05) is 18.2 Å². The number of hydrogen-bond donors (Lipinski definition) is 1. The van der Waals surface area contributed by atoms with E-state index in [0.717, 1.165) is 11.1 Å². The maximum absolute atomic E-state index is 11.6. The van der Waals surface area contributed by atoms with Gasteiger partial charge in [-0.25, -0.2) is 0 Å². The Balaban J connectivity index is 2.83. The molecule has 0 saturated carbocycles. The van der Waals surface area contributed by atoms with Crippen molar-refractivity contribution in [2.75, 3.05) is 0 Å². The van der Waals surface area contributed by atoms with Crippen LogP contribution in [0, 0.1) is 6.92 Å². The summed E-state index contributed by atoms with van der Waals surface area (Å²) < 4.78 is 0. The van der Waals surface area contributed by atoms with Crippen LogP contribution in [0.4, 0.5) is 0 Å². The number of aryl methyl sites for hydroxylation is 1. The largest absolute Gasteiger partial charge is 0.350 e. The van der Waals surface area contributed by atoms with Crippen LogP contribution in [0.15, 0.2) is 24.3 Å². The molecule has 1 rings (SSSR count). The minimum atomic E-state index is 0.00750. The molecule has 2 heteroatoms. The first-order chi connectivity index (χ1) is 6.11. The van der Waals surface area contributed by atoms with Gasteiger partial charge in [-0.3, -0.25) is 4.79 Å². The molecule has 0 atom stereocenters. The fourth-order valence-corrected chi connectivity index (χ4v) is 1.17. The van der Waals surface area contributed by atoms with Crippen LogP contribution in [-0.4, -0.2) is 11.9 Å². The Bertz CT molecular complexity index is 305. The van der Waals surface area contributed by atoms with Crippen molar-refractivity contribution in [2.24, 2.45) is 0 Å². The Kier molecular flexibility index (Phi) is 3.07. The Morgan fingerprint density at radius 1 is 1.31 bits per heavy atom. The molecule has 0 aliphatic rings. The van der Waals surface area contributed by atoms with Crippen molar-refractivity contribution in [3.8, 4) is 0 Å². The third-order valence-corrected chi connectivity index (χ3v) is 1.81. The Hall–Kier alpha value is -1.31. The minimum absolute atomic E-state index is 0.00750. The molecule has 0 bridgehead atoms. The average molecular weight is 177 g/mol. The van der Waals surface area contributed by atoms with Gasteiger partial charge in [0.15, 0.2) is 0 Å². The van der Waals surface area contributed by atoms with E-state index >= 15 is 0 Å². The highest BCUT2D eigenvalue weighted by Gasteiger charge is 2.07. The van der Waals surface area contributed by atoms with Gasteiger partial charge in [-0.05, 0) is 32.4 Å². The maximum atomic E-state index is 11.6. The summed E-state index contributed by atoms with van der Waals surface area (Å²) in [6.45, 7) is 5.85. The second-order valence-corrected chi connectivity index (χ2v) is 3.44. The highest BCUT2D eigenvalue weighted by molar-refractivity contribution is 5.95. The van der Waals surface area contributed by atoms with Crippen molar-refractivity contribution < 1.29 is 4.79 Å². The molecule has 0 spiro atoms. The smallest absolute Gasteiger partial charge is 0.251 e. The predicted molar refractivity (Wildman–Crippen MR) is 53.8 cm³/mol. The van der Waals surface area contributed by atoms with Gasteiger partial charge in [0, 0.05) is 11.6 Å². The zero-order valence-corrected chi connectivity index (χ0v) is 8.29. The van der Waals surface area contributed by atoms with Gasteiger partial charge in [0.1, 0.15) is 0 Å². The third kappa shape index (κ3) is 2.58. The Morgan fingerprint density at radius 3 is 2.46 bits per heavy atom. The molecule has 0 fully saturated rings. The predicted octanol–water partition coefficient (Wildman–Crippen LogP) is 2.13. The lowest BCUT2D eigenvalue weighted by Crippen LogP contribution is -2.30. The van der Waals surface area contributed by atoms with Gasteiger partial charge in [-0.15, -0.1) is 0 Å². The SMILES string of the molecule is Cc1ccccc1C(=O)NC(C)C. The number of rotatable bonds is 2. The van der Waals surface area contributed by atoms with Crippen molar-refractivity contribution >= 4 is 5.91 Å². The van der Waals surface area contributed by atoms with Crippen LogP contribution in [0.3, 0.4) is 0 Å². The molecule has 0 aliphatic heterocycles. The Labute approximate surface area is 79.0 Å². The highest BCUT2D eigenvalue weighted by atomic mass is 16.1. The van der Waals surface area contributed by atoms with Crippen LogP contribution in [0.5, 0.6) is 0 Å². The van der Waals surface area contributed by atoms with Gasteiger partial charge < -0.3 is 5.32 Å². The van der Waals surface area contributed by atoms with Crippen LogP contribution in [0.1, 0.15) is 29.8 Å². The quantitative estimate of drug-likeness (QED) is 0.736. The summed E-state index contributed by atoms with van der Waals surface area (Å²) in [4.78, 5) is 11.6. The number of hydrogen-bond acceptors (Lipinski definition) is 1.